The number of halogens is 2. The second-order valence-electron chi connectivity index (χ2n) is 2.80. The van der Waals surface area contributed by atoms with E-state index in [4.69, 9.17) is 9.84 Å². The van der Waals surface area contributed by atoms with Crippen LogP contribution in [0.4, 0.5) is 8.78 Å². The van der Waals surface area contributed by atoms with E-state index in [1.807, 2.05) is 0 Å². The smallest absolute Gasteiger partial charge is 0.190 e. The lowest BCUT2D eigenvalue weighted by Gasteiger charge is -2.07. The van der Waals surface area contributed by atoms with Gasteiger partial charge in [-0.1, -0.05) is 0 Å². The van der Waals surface area contributed by atoms with Gasteiger partial charge >= 0.3 is 0 Å². The third-order valence-corrected chi connectivity index (χ3v) is 1.75. The Kier molecular flexibility index (Phi) is 3.83. The highest BCUT2D eigenvalue weighted by molar-refractivity contribution is 5.31. The molecule has 1 aromatic rings. The predicted octanol–water partition coefficient (Wildman–Crippen LogP) is 1.90. The van der Waals surface area contributed by atoms with Crippen molar-refractivity contribution in [3.63, 3.8) is 0 Å². The van der Waals surface area contributed by atoms with Crippen LogP contribution in [0.25, 0.3) is 0 Å². The lowest BCUT2D eigenvalue weighted by molar-refractivity contribution is 0.294. The monoisotopic (exact) mass is 202 g/mol. The number of hydrogen-bond acceptors (Lipinski definition) is 2. The van der Waals surface area contributed by atoms with E-state index in [0.717, 1.165) is 0 Å². The molecular weight excluding hydrogens is 190 g/mol. The number of benzene rings is 1. The molecule has 0 bridgehead atoms. The molecular formula is C10H12F2O2. The maximum atomic E-state index is 13.2. The van der Waals surface area contributed by atoms with Crippen LogP contribution in [0.2, 0.25) is 0 Å². The molecule has 1 N–H and O–H groups in total. The minimum absolute atomic E-state index is 0.132. The molecule has 0 saturated heterocycles. The predicted molar refractivity (Wildman–Crippen MR) is 48.3 cm³/mol. The summed E-state index contributed by atoms with van der Waals surface area (Å²) in [6.45, 7) is 1.74. The van der Waals surface area contributed by atoms with Gasteiger partial charge in [-0.2, -0.15) is 0 Å². The van der Waals surface area contributed by atoms with Gasteiger partial charge in [-0.3, -0.25) is 0 Å². The van der Waals surface area contributed by atoms with Gasteiger partial charge in [0.15, 0.2) is 17.4 Å². The first-order valence-electron chi connectivity index (χ1n) is 4.40. The fraction of sp³-hybridized carbons (Fsp3) is 0.400. The summed E-state index contributed by atoms with van der Waals surface area (Å²) >= 11 is 0. The van der Waals surface area contributed by atoms with Gasteiger partial charge in [-0.05, 0) is 31.0 Å². The van der Waals surface area contributed by atoms with Gasteiger partial charge in [0.25, 0.3) is 0 Å². The van der Waals surface area contributed by atoms with Crippen molar-refractivity contribution < 1.29 is 18.6 Å². The van der Waals surface area contributed by atoms with E-state index in [2.05, 4.69) is 0 Å². The Morgan fingerprint density at radius 1 is 1.29 bits per heavy atom. The van der Waals surface area contributed by atoms with E-state index < -0.39 is 11.6 Å². The van der Waals surface area contributed by atoms with Crippen LogP contribution in [-0.2, 0) is 6.42 Å². The number of hydrogen-bond donors (Lipinski definition) is 1. The summed E-state index contributed by atoms with van der Waals surface area (Å²) in [7, 11) is 0. The normalized spacial score (nSPS) is 10.3. The molecule has 0 spiro atoms. The minimum atomic E-state index is -0.727. The van der Waals surface area contributed by atoms with Gasteiger partial charge in [-0.15, -0.1) is 0 Å². The van der Waals surface area contributed by atoms with Crippen LogP contribution in [0.15, 0.2) is 12.1 Å². The molecule has 4 heteroatoms. The quantitative estimate of drug-likeness (QED) is 0.808. The van der Waals surface area contributed by atoms with Crippen molar-refractivity contribution in [3.05, 3.63) is 29.3 Å². The molecule has 0 saturated carbocycles. The first-order chi connectivity index (χ1) is 6.69. The lowest BCUT2D eigenvalue weighted by atomic mass is 10.1. The Balaban J connectivity index is 2.98. The largest absolute Gasteiger partial charge is 0.488 e. The molecule has 0 aliphatic carbocycles. The first kappa shape index (κ1) is 10.9. The topological polar surface area (TPSA) is 29.5 Å². The number of ether oxygens (including phenoxy) is 1. The average molecular weight is 202 g/mol. The summed E-state index contributed by atoms with van der Waals surface area (Å²) in [6.07, 6.45) is 0.236. The van der Waals surface area contributed by atoms with Crippen molar-refractivity contribution in [1.82, 2.24) is 0 Å². The highest BCUT2D eigenvalue weighted by Crippen LogP contribution is 2.23. The van der Waals surface area contributed by atoms with Gasteiger partial charge < -0.3 is 9.84 Å². The molecule has 0 aliphatic heterocycles. The molecule has 0 amide bonds. The minimum Gasteiger partial charge on any atom is -0.488 e. The van der Waals surface area contributed by atoms with Crippen LogP contribution in [-0.4, -0.2) is 18.3 Å². The molecule has 1 aromatic carbocycles. The highest BCUT2D eigenvalue weighted by Gasteiger charge is 2.11. The Morgan fingerprint density at radius 2 is 1.86 bits per heavy atom. The van der Waals surface area contributed by atoms with E-state index in [0.29, 0.717) is 5.56 Å². The van der Waals surface area contributed by atoms with E-state index in [1.54, 1.807) is 6.92 Å². The number of aliphatic hydroxyl groups excluding tert-OH is 1. The van der Waals surface area contributed by atoms with Crippen molar-refractivity contribution in [3.8, 4) is 5.75 Å². The Labute approximate surface area is 81.1 Å². The zero-order valence-electron chi connectivity index (χ0n) is 7.89. The fourth-order valence-electron chi connectivity index (χ4n) is 1.17. The van der Waals surface area contributed by atoms with E-state index in [-0.39, 0.29) is 25.4 Å². The molecule has 78 valence electrons. The molecule has 0 fully saturated rings. The number of rotatable bonds is 4. The van der Waals surface area contributed by atoms with E-state index >= 15 is 0 Å². The molecule has 2 nitrogen and oxygen atoms in total. The van der Waals surface area contributed by atoms with Crippen LogP contribution in [0.5, 0.6) is 5.75 Å². The van der Waals surface area contributed by atoms with Gasteiger partial charge in [0.2, 0.25) is 0 Å². The van der Waals surface area contributed by atoms with Gasteiger partial charge in [0.05, 0.1) is 6.61 Å². The van der Waals surface area contributed by atoms with Crippen LogP contribution in [0, 0.1) is 11.6 Å². The third kappa shape index (κ3) is 2.42. The van der Waals surface area contributed by atoms with Crippen LogP contribution < -0.4 is 4.74 Å². The molecule has 14 heavy (non-hydrogen) atoms. The SMILES string of the molecule is CCOc1c(F)cc(CCO)cc1F. The lowest BCUT2D eigenvalue weighted by Crippen LogP contribution is -2.00. The average Bonchev–Trinajstić information content (AvgIpc) is 2.12. The van der Waals surface area contributed by atoms with Gasteiger partial charge in [-0.25, -0.2) is 8.78 Å². The molecule has 0 radical (unpaired) electrons. The maximum absolute atomic E-state index is 13.2. The molecule has 0 unspecified atom stereocenters. The summed E-state index contributed by atoms with van der Waals surface area (Å²) in [5, 5.41) is 8.60. The zero-order chi connectivity index (χ0) is 10.6. The Hall–Kier alpha value is -1.16. The van der Waals surface area contributed by atoms with Crippen molar-refractivity contribution in [2.24, 2.45) is 0 Å². The maximum Gasteiger partial charge on any atom is 0.190 e. The van der Waals surface area contributed by atoms with Crippen LogP contribution in [0.3, 0.4) is 0 Å². The van der Waals surface area contributed by atoms with Crippen LogP contribution >= 0.6 is 0 Å². The van der Waals surface area contributed by atoms with Gasteiger partial charge in [0.1, 0.15) is 0 Å². The Bertz CT molecular complexity index is 290. The molecule has 0 heterocycles. The fourth-order valence-corrected chi connectivity index (χ4v) is 1.17. The summed E-state index contributed by atoms with van der Waals surface area (Å²) in [4.78, 5) is 0. The standard InChI is InChI=1S/C10H12F2O2/c1-2-14-10-8(11)5-7(3-4-13)6-9(10)12/h5-6,13H,2-4H2,1H3. The molecule has 0 atom stereocenters. The Morgan fingerprint density at radius 3 is 2.29 bits per heavy atom. The van der Waals surface area contributed by atoms with Crippen molar-refractivity contribution >= 4 is 0 Å². The van der Waals surface area contributed by atoms with Crippen LogP contribution in [0.1, 0.15) is 12.5 Å². The van der Waals surface area contributed by atoms with Crippen molar-refractivity contribution in [1.29, 1.82) is 0 Å². The zero-order valence-corrected chi connectivity index (χ0v) is 7.89. The summed E-state index contributed by atoms with van der Waals surface area (Å²) in [5.74, 6) is -1.81. The van der Waals surface area contributed by atoms with Gasteiger partial charge in [0, 0.05) is 6.61 Å². The summed E-state index contributed by atoms with van der Waals surface area (Å²) in [5.41, 5.74) is 0.422. The van der Waals surface area contributed by atoms with E-state index in [1.165, 1.54) is 12.1 Å². The second kappa shape index (κ2) is 4.91. The molecule has 0 aromatic heterocycles. The molecule has 1 rings (SSSR count). The highest BCUT2D eigenvalue weighted by atomic mass is 19.1. The second-order valence-corrected chi connectivity index (χ2v) is 2.80. The van der Waals surface area contributed by atoms with E-state index in [9.17, 15) is 8.78 Å². The summed E-state index contributed by atoms with van der Waals surface area (Å²) in [6, 6.07) is 2.34. The number of aliphatic hydroxyl groups is 1. The summed E-state index contributed by atoms with van der Waals surface area (Å²) < 4.78 is 31.1. The van der Waals surface area contributed by atoms with Crippen molar-refractivity contribution in [2.45, 2.75) is 13.3 Å². The molecule has 0 aliphatic rings. The third-order valence-electron chi connectivity index (χ3n) is 1.75. The van der Waals surface area contributed by atoms with Crippen molar-refractivity contribution in [2.75, 3.05) is 13.2 Å². The first-order valence-corrected chi connectivity index (χ1v) is 4.40.